The number of aryl methyl sites for hydroxylation is 1. The molecule has 3 rings (SSSR count). The third-order valence-electron chi connectivity index (χ3n) is 3.03. The zero-order valence-corrected chi connectivity index (χ0v) is 11.8. The highest BCUT2D eigenvalue weighted by atomic mass is 32.2. The van der Waals surface area contributed by atoms with Crippen LogP contribution in [-0.2, 0) is 15.4 Å². The molecule has 2 aromatic carbocycles. The summed E-state index contributed by atoms with van der Waals surface area (Å²) in [5, 5.41) is 0. The van der Waals surface area contributed by atoms with E-state index >= 15 is 0 Å². The van der Waals surface area contributed by atoms with Crippen molar-refractivity contribution >= 4 is 28.5 Å². The van der Waals surface area contributed by atoms with Gasteiger partial charge in [0, 0.05) is 0 Å². The molecular weight excluding hydrogens is 272 g/mol. The Balaban J connectivity index is 1.86. The molecule has 0 radical (unpaired) electrons. The lowest BCUT2D eigenvalue weighted by Gasteiger charge is -2.10. The molecule has 2 aromatic rings. The smallest absolute Gasteiger partial charge is 0.320 e. The van der Waals surface area contributed by atoms with Crippen LogP contribution in [0.2, 0.25) is 0 Å². The lowest BCUT2D eigenvalue weighted by molar-refractivity contribution is 0.573. The zero-order chi connectivity index (χ0) is 13.9. The first-order valence-corrected chi connectivity index (χ1v) is 7.33. The van der Waals surface area contributed by atoms with E-state index < -0.39 is 11.3 Å². The molecule has 0 bridgehead atoms. The Morgan fingerprint density at radius 2 is 1.80 bits per heavy atom. The van der Waals surface area contributed by atoms with Crippen LogP contribution in [0.3, 0.4) is 0 Å². The first-order valence-electron chi connectivity index (χ1n) is 6.30. The second-order valence-electron chi connectivity index (χ2n) is 4.46. The Morgan fingerprint density at radius 1 is 1.10 bits per heavy atom. The Morgan fingerprint density at radius 3 is 2.55 bits per heavy atom. The topological polar surface area (TPSA) is 41.9 Å². The molecule has 1 fully saturated rings. The number of hydrogen-bond donors (Lipinski definition) is 0. The van der Waals surface area contributed by atoms with Crippen LogP contribution in [0.5, 0.6) is 0 Å². The highest BCUT2D eigenvalue weighted by Gasteiger charge is 2.28. The Labute approximate surface area is 120 Å². The fourth-order valence-corrected chi connectivity index (χ4v) is 2.83. The molecule has 1 aliphatic rings. The van der Waals surface area contributed by atoms with Gasteiger partial charge in [0.2, 0.25) is 5.90 Å². The van der Waals surface area contributed by atoms with E-state index in [0.29, 0.717) is 12.4 Å². The quantitative estimate of drug-likeness (QED) is 0.851. The van der Waals surface area contributed by atoms with Crippen LogP contribution >= 0.6 is 0 Å². The molecule has 102 valence electrons. The number of hydrogen-bond acceptors (Lipinski definition) is 3. The average molecular weight is 286 g/mol. The molecular formula is C15H14N2O2S. The molecule has 5 heteroatoms. The van der Waals surface area contributed by atoms with Gasteiger partial charge in [0.25, 0.3) is 0 Å². The van der Waals surface area contributed by atoms with Gasteiger partial charge in [0.15, 0.2) is 0 Å². The summed E-state index contributed by atoms with van der Waals surface area (Å²) in [7, 11) is 0. The maximum Gasteiger partial charge on any atom is 0.320 e. The molecule has 0 amide bonds. The molecule has 0 N–H and O–H groups in total. The van der Waals surface area contributed by atoms with E-state index in [9.17, 15) is 4.21 Å². The number of anilines is 1. The lowest BCUT2D eigenvalue weighted by Crippen LogP contribution is -2.20. The van der Waals surface area contributed by atoms with Crippen molar-refractivity contribution in [2.75, 3.05) is 10.8 Å². The Hall–Kier alpha value is -2.14. The van der Waals surface area contributed by atoms with Gasteiger partial charge >= 0.3 is 11.3 Å². The number of para-hydroxylation sites is 2. The summed E-state index contributed by atoms with van der Waals surface area (Å²) in [6, 6.07) is 17.3. The fourth-order valence-electron chi connectivity index (χ4n) is 1.98. The molecule has 0 spiro atoms. The summed E-state index contributed by atoms with van der Waals surface area (Å²) in [5.41, 5.74) is 2.77. The molecule has 0 aliphatic carbocycles. The van der Waals surface area contributed by atoms with Crippen LogP contribution in [0.15, 0.2) is 59.6 Å². The summed E-state index contributed by atoms with van der Waals surface area (Å²) in [5.74, 6) is 0.474. The van der Waals surface area contributed by atoms with E-state index in [0.717, 1.165) is 16.9 Å². The third-order valence-corrected chi connectivity index (χ3v) is 4.07. The van der Waals surface area contributed by atoms with Crippen molar-refractivity contribution in [1.82, 2.24) is 0 Å². The largest absolute Gasteiger partial charge is 0.367 e. The summed E-state index contributed by atoms with van der Waals surface area (Å²) in [6.07, 6.45) is 0. The highest BCUT2D eigenvalue weighted by Crippen LogP contribution is 2.24. The van der Waals surface area contributed by atoms with Crippen molar-refractivity contribution in [1.29, 1.82) is 0 Å². The van der Waals surface area contributed by atoms with E-state index in [1.165, 1.54) is 0 Å². The van der Waals surface area contributed by atoms with Crippen LogP contribution in [0.1, 0.15) is 5.56 Å². The van der Waals surface area contributed by atoms with Gasteiger partial charge in [0.1, 0.15) is 6.54 Å². The van der Waals surface area contributed by atoms with Crippen LogP contribution < -0.4 is 4.31 Å². The number of rotatable bonds is 2. The molecule has 1 atom stereocenters. The average Bonchev–Trinajstić information content (AvgIpc) is 2.83. The second kappa shape index (κ2) is 5.46. The van der Waals surface area contributed by atoms with Gasteiger partial charge in [-0.15, -0.1) is 0 Å². The molecule has 1 saturated heterocycles. The van der Waals surface area contributed by atoms with Gasteiger partial charge in [-0.05, 0) is 30.7 Å². The van der Waals surface area contributed by atoms with Crippen molar-refractivity contribution in [2.24, 2.45) is 4.99 Å². The SMILES string of the molecule is Cc1ccccc1N=C1CN(c2ccccc2)S(=O)O1. The molecule has 0 saturated carbocycles. The van der Waals surface area contributed by atoms with Crippen LogP contribution in [0.4, 0.5) is 11.4 Å². The summed E-state index contributed by atoms with van der Waals surface area (Å²) >= 11 is -1.52. The predicted octanol–water partition coefficient (Wildman–Crippen LogP) is 3.14. The fraction of sp³-hybridized carbons (Fsp3) is 0.133. The maximum absolute atomic E-state index is 12.0. The number of benzene rings is 2. The molecule has 1 heterocycles. The maximum atomic E-state index is 12.0. The summed E-state index contributed by atoms with van der Waals surface area (Å²) in [4.78, 5) is 4.44. The van der Waals surface area contributed by atoms with Crippen molar-refractivity contribution in [3.63, 3.8) is 0 Å². The molecule has 4 nitrogen and oxygen atoms in total. The van der Waals surface area contributed by atoms with Gasteiger partial charge < -0.3 is 4.18 Å². The van der Waals surface area contributed by atoms with E-state index in [1.807, 2.05) is 61.5 Å². The van der Waals surface area contributed by atoms with Gasteiger partial charge in [-0.3, -0.25) is 0 Å². The van der Waals surface area contributed by atoms with E-state index in [2.05, 4.69) is 4.99 Å². The zero-order valence-electron chi connectivity index (χ0n) is 11.0. The van der Waals surface area contributed by atoms with Gasteiger partial charge in [-0.2, -0.15) is 4.21 Å². The van der Waals surface area contributed by atoms with E-state index in [4.69, 9.17) is 4.18 Å². The Bertz CT molecular complexity index is 671. The van der Waals surface area contributed by atoms with Crippen molar-refractivity contribution in [3.05, 3.63) is 60.2 Å². The van der Waals surface area contributed by atoms with Gasteiger partial charge in [0.05, 0.1) is 11.4 Å². The van der Waals surface area contributed by atoms with Crippen molar-refractivity contribution in [2.45, 2.75) is 6.92 Å². The lowest BCUT2D eigenvalue weighted by atomic mass is 10.2. The normalized spacial score (nSPS) is 20.1. The second-order valence-corrected chi connectivity index (χ2v) is 5.51. The van der Waals surface area contributed by atoms with Crippen LogP contribution in [0.25, 0.3) is 0 Å². The highest BCUT2D eigenvalue weighted by molar-refractivity contribution is 7.82. The minimum Gasteiger partial charge on any atom is -0.367 e. The first-order chi connectivity index (χ1) is 9.74. The molecule has 1 aliphatic heterocycles. The minimum absolute atomic E-state index is 0.408. The van der Waals surface area contributed by atoms with Crippen molar-refractivity contribution in [3.8, 4) is 0 Å². The van der Waals surface area contributed by atoms with Crippen molar-refractivity contribution < 1.29 is 8.39 Å². The van der Waals surface area contributed by atoms with Crippen LogP contribution in [-0.4, -0.2) is 16.7 Å². The van der Waals surface area contributed by atoms with Gasteiger partial charge in [-0.1, -0.05) is 36.4 Å². The van der Waals surface area contributed by atoms with Gasteiger partial charge in [-0.25, -0.2) is 9.30 Å². The predicted molar refractivity (Wildman–Crippen MR) is 81.3 cm³/mol. The van der Waals surface area contributed by atoms with Crippen LogP contribution in [0, 0.1) is 6.92 Å². The minimum atomic E-state index is -1.52. The summed E-state index contributed by atoms with van der Waals surface area (Å²) < 4.78 is 19.0. The monoisotopic (exact) mass is 286 g/mol. The standard InChI is InChI=1S/C15H14N2O2S/c1-12-7-5-6-10-14(12)16-15-11-17(20(18)19-15)13-8-3-2-4-9-13/h2-10H,11H2,1H3. The number of nitrogens with zero attached hydrogens (tertiary/aromatic N) is 2. The third kappa shape index (κ3) is 2.58. The van der Waals surface area contributed by atoms with E-state index in [-0.39, 0.29) is 0 Å². The van der Waals surface area contributed by atoms with E-state index in [1.54, 1.807) is 4.31 Å². The molecule has 0 aromatic heterocycles. The number of aliphatic imine (C=N–C) groups is 1. The summed E-state index contributed by atoms with van der Waals surface area (Å²) in [6.45, 7) is 2.39. The molecule has 20 heavy (non-hydrogen) atoms. The molecule has 1 unspecified atom stereocenters. The first kappa shape index (κ1) is 12.9. The Kier molecular flexibility index (Phi) is 3.52.